The Balaban J connectivity index is -0.0000000450. The zero-order valence-electron chi connectivity index (χ0n) is 4.80. The van der Waals surface area contributed by atoms with E-state index in [0.29, 0.717) is 0 Å². The summed E-state index contributed by atoms with van der Waals surface area (Å²) >= 11 is 10.9. The van der Waals surface area contributed by atoms with Crippen molar-refractivity contribution in [1.82, 2.24) is 0 Å². The summed E-state index contributed by atoms with van der Waals surface area (Å²) in [5, 5.41) is 1.69. The van der Waals surface area contributed by atoms with Crippen LogP contribution in [0.2, 0.25) is 0 Å². The van der Waals surface area contributed by atoms with Gasteiger partial charge in [0.15, 0.2) is 0 Å². The average molecular weight is 203 g/mol. The molecule has 0 spiro atoms. The molecule has 1 aliphatic rings. The van der Waals surface area contributed by atoms with E-state index in [-0.39, 0.29) is 18.8 Å². The van der Waals surface area contributed by atoms with E-state index in [0.717, 1.165) is 22.9 Å². The van der Waals surface area contributed by atoms with Gasteiger partial charge < -0.3 is 0 Å². The van der Waals surface area contributed by atoms with Gasteiger partial charge in [0.2, 0.25) is 0 Å². The van der Waals surface area contributed by atoms with Crippen molar-refractivity contribution < 1.29 is 18.8 Å². The Morgan fingerprint density at radius 3 is 0.900 bits per heavy atom. The highest BCUT2D eigenvalue weighted by Crippen LogP contribution is 2.33. The molecule has 0 aliphatic heterocycles. The van der Waals surface area contributed by atoms with E-state index in [1.54, 1.807) is 0 Å². The number of hydrogen-bond acceptors (Lipinski definition) is 0. The Kier molecular flexibility index (Phi) is 20.3. The highest BCUT2D eigenvalue weighted by molar-refractivity contribution is 6.40. The molecule has 1 aliphatic carbocycles. The summed E-state index contributed by atoms with van der Waals surface area (Å²) in [5.41, 5.74) is 0. The third kappa shape index (κ3) is 4.88. The summed E-state index contributed by atoms with van der Waals surface area (Å²) < 4.78 is 0. The van der Waals surface area contributed by atoms with Crippen molar-refractivity contribution >= 4 is 23.2 Å². The topological polar surface area (TPSA) is 0 Å². The van der Waals surface area contributed by atoms with Crippen molar-refractivity contribution in [3.63, 3.8) is 0 Å². The highest BCUT2D eigenvalue weighted by Gasteiger charge is 2.10. The fraction of sp³-hybridized carbons (Fsp3) is 0.500. The molecule has 6 heteroatoms. The van der Waals surface area contributed by atoms with Gasteiger partial charge in [0.25, 0.3) is 0 Å². The van der Waals surface area contributed by atoms with Crippen molar-refractivity contribution in [1.29, 1.82) is 0 Å². The Bertz CT molecular complexity index is 91.4. The zero-order valence-corrected chi connectivity index (χ0v) is 6.31. The normalized spacial score (nSPS) is 12.6. The van der Waals surface area contributed by atoms with Crippen LogP contribution in [0.25, 0.3) is 0 Å². The van der Waals surface area contributed by atoms with Crippen molar-refractivity contribution in [2.45, 2.75) is 12.8 Å². The first-order chi connectivity index (χ1) is 2.80. The maximum atomic E-state index is 5.45. The van der Waals surface area contributed by atoms with Crippen LogP contribution in [0.3, 0.4) is 0 Å². The zero-order chi connectivity index (χ0) is 4.57. The van der Waals surface area contributed by atoms with Crippen LogP contribution in [0.5, 0.6) is 0 Å². The first-order valence-electron chi connectivity index (χ1n) is 1.84. The second kappa shape index (κ2) is 9.04. The van der Waals surface area contributed by atoms with Gasteiger partial charge in [-0.05, 0) is 12.8 Å². The maximum absolute atomic E-state index is 5.45. The van der Waals surface area contributed by atoms with Gasteiger partial charge in [0.1, 0.15) is 0 Å². The Labute approximate surface area is 65.7 Å². The van der Waals surface area contributed by atoms with Gasteiger partial charge in [-0.1, -0.05) is 23.2 Å². The minimum Gasteiger partial charge on any atom is -0.269 e. The molecule has 0 aromatic heterocycles. The fourth-order valence-corrected chi connectivity index (χ4v) is 0.692. The van der Waals surface area contributed by atoms with Gasteiger partial charge in [-0.3, -0.25) is 18.8 Å². The average Bonchev–Trinajstić information content (AvgIpc) is 1.61. The van der Waals surface area contributed by atoms with Crippen LogP contribution < -0.4 is 0 Å². The molecule has 66 valence electrons. The third-order valence-corrected chi connectivity index (χ3v) is 1.79. The Morgan fingerprint density at radius 1 is 0.700 bits per heavy atom. The van der Waals surface area contributed by atoms with E-state index >= 15 is 0 Å². The van der Waals surface area contributed by atoms with Crippen molar-refractivity contribution in [3.05, 3.63) is 10.1 Å². The van der Waals surface area contributed by atoms with Crippen LogP contribution in [-0.4, -0.2) is 0 Å². The largest absolute Gasteiger partial charge is 0.269 e. The number of rotatable bonds is 0. The molecule has 10 heavy (non-hydrogen) atoms. The Morgan fingerprint density at radius 2 is 0.900 bits per heavy atom. The van der Waals surface area contributed by atoms with Crippen LogP contribution in [0.4, 0.5) is 18.8 Å². The van der Waals surface area contributed by atoms with Crippen LogP contribution in [0.1, 0.15) is 12.8 Å². The standard InChI is InChI=1S/C4H4Cl2.4FH/c5-3-1-2-4(3)6;;;;/h1-2H2;4*1H. The van der Waals surface area contributed by atoms with Crippen LogP contribution >= 0.6 is 23.2 Å². The fourth-order valence-electron chi connectivity index (χ4n) is 0.314. The van der Waals surface area contributed by atoms with Gasteiger partial charge in [-0.15, -0.1) is 0 Å². The predicted octanol–water partition coefficient (Wildman–Crippen LogP) is 3.08. The molecule has 0 N–H and O–H groups in total. The molecule has 0 atom stereocenters. The van der Waals surface area contributed by atoms with Crippen molar-refractivity contribution in [2.24, 2.45) is 0 Å². The van der Waals surface area contributed by atoms with Gasteiger partial charge in [-0.25, -0.2) is 0 Å². The van der Waals surface area contributed by atoms with E-state index in [1.807, 2.05) is 0 Å². The first-order valence-corrected chi connectivity index (χ1v) is 2.59. The van der Waals surface area contributed by atoms with Crippen LogP contribution in [0, 0.1) is 0 Å². The van der Waals surface area contributed by atoms with E-state index in [4.69, 9.17) is 23.2 Å². The summed E-state index contributed by atoms with van der Waals surface area (Å²) in [5.74, 6) is 0. The lowest BCUT2D eigenvalue weighted by Gasteiger charge is -2.09. The van der Waals surface area contributed by atoms with E-state index in [9.17, 15) is 0 Å². The second-order valence-electron chi connectivity index (χ2n) is 1.31. The van der Waals surface area contributed by atoms with Crippen molar-refractivity contribution in [3.8, 4) is 0 Å². The summed E-state index contributed by atoms with van der Waals surface area (Å²) in [4.78, 5) is 0. The lowest BCUT2D eigenvalue weighted by atomic mass is 10.1. The van der Waals surface area contributed by atoms with Crippen molar-refractivity contribution in [2.75, 3.05) is 0 Å². The highest BCUT2D eigenvalue weighted by atomic mass is 35.5. The monoisotopic (exact) mass is 202 g/mol. The molecule has 0 amide bonds. The molecule has 0 saturated heterocycles. The second-order valence-corrected chi connectivity index (χ2v) is 2.22. The van der Waals surface area contributed by atoms with Crippen LogP contribution in [0.15, 0.2) is 10.1 Å². The SMILES string of the molecule is ClC1=C(Cl)CC1.F.F.F.F. The minimum absolute atomic E-state index is 0. The molecule has 0 fully saturated rings. The minimum atomic E-state index is 0. The van der Waals surface area contributed by atoms with Crippen LogP contribution in [-0.2, 0) is 0 Å². The third-order valence-electron chi connectivity index (χ3n) is 0.858. The summed E-state index contributed by atoms with van der Waals surface area (Å²) in [6, 6.07) is 0. The number of hydrogen-bond donors (Lipinski definition) is 0. The van der Waals surface area contributed by atoms with Gasteiger partial charge >= 0.3 is 0 Å². The molecule has 0 saturated carbocycles. The molecule has 0 aromatic rings. The van der Waals surface area contributed by atoms with Gasteiger partial charge in [0.05, 0.1) is 0 Å². The van der Waals surface area contributed by atoms with E-state index < -0.39 is 0 Å². The quantitative estimate of drug-likeness (QED) is 0.530. The van der Waals surface area contributed by atoms with E-state index in [1.165, 1.54) is 0 Å². The molecule has 0 radical (unpaired) electrons. The summed E-state index contributed by atoms with van der Waals surface area (Å²) in [6.07, 6.45) is 1.97. The van der Waals surface area contributed by atoms with Gasteiger partial charge in [0, 0.05) is 10.1 Å². The Hall–Kier alpha value is 0.0400. The molecule has 0 bridgehead atoms. The molecular formula is C4H8Cl2F4. The summed E-state index contributed by atoms with van der Waals surface area (Å²) in [7, 11) is 0. The first kappa shape index (κ1) is 22.5. The van der Waals surface area contributed by atoms with Gasteiger partial charge in [-0.2, -0.15) is 0 Å². The summed E-state index contributed by atoms with van der Waals surface area (Å²) in [6.45, 7) is 0. The number of halogens is 6. The molecule has 0 aromatic carbocycles. The molecule has 1 rings (SSSR count). The lowest BCUT2D eigenvalue weighted by molar-refractivity contribution is 0.913. The smallest absolute Gasteiger partial charge is 0.0329 e. The number of allylic oxidation sites excluding steroid dienone is 2. The maximum Gasteiger partial charge on any atom is 0.0329 e. The lowest BCUT2D eigenvalue weighted by Crippen LogP contribution is -1.90. The molecular weight excluding hydrogens is 195 g/mol. The molecule has 0 unspecified atom stereocenters. The predicted molar refractivity (Wildman–Crippen MR) is 38.0 cm³/mol. The molecule has 0 nitrogen and oxygen atoms in total. The van der Waals surface area contributed by atoms with E-state index in [2.05, 4.69) is 0 Å². The molecule has 0 heterocycles.